The third kappa shape index (κ3) is 4.39. The van der Waals surface area contributed by atoms with E-state index in [9.17, 15) is 4.79 Å². The fourth-order valence-corrected chi connectivity index (χ4v) is 2.64. The molecule has 1 aromatic heterocycles. The molecule has 2 aromatic carbocycles. The van der Waals surface area contributed by atoms with E-state index in [0.29, 0.717) is 17.9 Å². The summed E-state index contributed by atoms with van der Waals surface area (Å²) in [7, 11) is 0. The first-order valence-electron chi connectivity index (χ1n) is 8.20. The predicted molar refractivity (Wildman–Crippen MR) is 96.2 cm³/mol. The molecule has 1 heterocycles. The van der Waals surface area contributed by atoms with Gasteiger partial charge in [0.05, 0.1) is 11.6 Å². The summed E-state index contributed by atoms with van der Waals surface area (Å²) in [5.74, 6) is 0.426. The molecule has 1 N–H and O–H groups in total. The summed E-state index contributed by atoms with van der Waals surface area (Å²) in [5.41, 5.74) is 1.77. The normalized spacial score (nSPS) is 10.4. The van der Waals surface area contributed by atoms with Crippen molar-refractivity contribution in [1.82, 2.24) is 9.88 Å². The van der Waals surface area contributed by atoms with Crippen LogP contribution in [0.2, 0.25) is 0 Å². The van der Waals surface area contributed by atoms with Gasteiger partial charge in [0.15, 0.2) is 6.61 Å². The number of hydrogen-bond acceptors (Lipinski definition) is 3. The summed E-state index contributed by atoms with van der Waals surface area (Å²) in [5, 5.41) is 12.8. The Bertz CT molecular complexity index is 891. The van der Waals surface area contributed by atoms with Gasteiger partial charge >= 0.3 is 0 Å². The quantitative estimate of drug-likeness (QED) is 0.676. The molecule has 3 rings (SSSR count). The number of aromatic nitrogens is 1. The molecule has 0 aliphatic rings. The van der Waals surface area contributed by atoms with Gasteiger partial charge in [-0.2, -0.15) is 5.26 Å². The summed E-state index contributed by atoms with van der Waals surface area (Å²) < 4.78 is 7.59. The maximum Gasteiger partial charge on any atom is 0.257 e. The van der Waals surface area contributed by atoms with Gasteiger partial charge in [-0.1, -0.05) is 18.2 Å². The first-order valence-corrected chi connectivity index (χ1v) is 8.20. The third-order valence-electron chi connectivity index (χ3n) is 3.93. The number of benzene rings is 2. The second kappa shape index (κ2) is 8.02. The standard InChI is InChI=1S/C20H19N3O2/c21-14-16-6-8-18(9-7-16)25-15-20(24)22-11-3-12-23-13-10-17-4-1-2-5-19(17)23/h1-2,4-10,13H,3,11-12,15H2,(H,22,24). The molecule has 0 unspecified atom stereocenters. The Labute approximate surface area is 146 Å². The van der Waals surface area contributed by atoms with Gasteiger partial charge in [-0.3, -0.25) is 4.79 Å². The number of ether oxygens (including phenoxy) is 1. The van der Waals surface area contributed by atoms with E-state index in [0.717, 1.165) is 13.0 Å². The van der Waals surface area contributed by atoms with Crippen molar-refractivity contribution in [2.75, 3.05) is 13.2 Å². The SMILES string of the molecule is N#Cc1ccc(OCC(=O)NCCCn2ccc3ccccc32)cc1. The van der Waals surface area contributed by atoms with Crippen LogP contribution in [0.5, 0.6) is 5.75 Å². The van der Waals surface area contributed by atoms with Crippen molar-refractivity contribution in [2.24, 2.45) is 0 Å². The minimum Gasteiger partial charge on any atom is -0.484 e. The molecule has 3 aromatic rings. The van der Waals surface area contributed by atoms with Crippen LogP contribution in [-0.2, 0) is 11.3 Å². The molecule has 0 fully saturated rings. The maximum absolute atomic E-state index is 11.8. The van der Waals surface area contributed by atoms with E-state index >= 15 is 0 Å². The first-order chi connectivity index (χ1) is 12.3. The van der Waals surface area contributed by atoms with Gasteiger partial charge in [0, 0.05) is 24.8 Å². The fraction of sp³-hybridized carbons (Fsp3) is 0.200. The van der Waals surface area contributed by atoms with Crippen molar-refractivity contribution in [3.8, 4) is 11.8 Å². The molecule has 0 spiro atoms. The summed E-state index contributed by atoms with van der Waals surface area (Å²) in [6, 6.07) is 19.1. The van der Waals surface area contributed by atoms with Gasteiger partial charge < -0.3 is 14.6 Å². The number of nitrogens with zero attached hydrogens (tertiary/aromatic N) is 2. The van der Waals surface area contributed by atoms with E-state index in [1.165, 1.54) is 10.9 Å². The van der Waals surface area contributed by atoms with Crippen LogP contribution in [-0.4, -0.2) is 23.6 Å². The Kier molecular flexibility index (Phi) is 5.32. The number of hydrogen-bond donors (Lipinski definition) is 1. The van der Waals surface area contributed by atoms with E-state index in [2.05, 4.69) is 34.3 Å². The van der Waals surface area contributed by atoms with Crippen LogP contribution in [0.4, 0.5) is 0 Å². The number of carbonyl (C=O) groups excluding carboxylic acids is 1. The second-order valence-corrected chi connectivity index (χ2v) is 5.70. The number of aryl methyl sites for hydroxylation is 1. The van der Waals surface area contributed by atoms with Gasteiger partial charge in [-0.25, -0.2) is 0 Å². The van der Waals surface area contributed by atoms with Crippen LogP contribution in [0, 0.1) is 11.3 Å². The number of carbonyl (C=O) groups is 1. The van der Waals surface area contributed by atoms with Crippen molar-refractivity contribution in [1.29, 1.82) is 5.26 Å². The average Bonchev–Trinajstić information content (AvgIpc) is 3.07. The van der Waals surface area contributed by atoms with Crippen molar-refractivity contribution in [3.05, 3.63) is 66.4 Å². The summed E-state index contributed by atoms with van der Waals surface area (Å²) in [6.45, 7) is 1.42. The highest BCUT2D eigenvalue weighted by Gasteiger charge is 2.03. The zero-order valence-electron chi connectivity index (χ0n) is 13.8. The van der Waals surface area contributed by atoms with Gasteiger partial charge in [-0.15, -0.1) is 0 Å². The third-order valence-corrected chi connectivity index (χ3v) is 3.93. The monoisotopic (exact) mass is 333 g/mol. The lowest BCUT2D eigenvalue weighted by atomic mass is 10.2. The highest BCUT2D eigenvalue weighted by molar-refractivity contribution is 5.80. The lowest BCUT2D eigenvalue weighted by molar-refractivity contribution is -0.123. The molecule has 0 saturated carbocycles. The second-order valence-electron chi connectivity index (χ2n) is 5.70. The highest BCUT2D eigenvalue weighted by Crippen LogP contribution is 2.15. The largest absolute Gasteiger partial charge is 0.484 e. The summed E-state index contributed by atoms with van der Waals surface area (Å²) in [6.07, 6.45) is 2.92. The number of nitrogens with one attached hydrogen (secondary N) is 1. The lowest BCUT2D eigenvalue weighted by Crippen LogP contribution is -2.30. The molecule has 0 aliphatic heterocycles. The number of para-hydroxylation sites is 1. The molecule has 0 radical (unpaired) electrons. The predicted octanol–water partition coefficient (Wildman–Crippen LogP) is 3.10. The van der Waals surface area contributed by atoms with Crippen LogP contribution >= 0.6 is 0 Å². The Hall–Kier alpha value is -3.26. The van der Waals surface area contributed by atoms with Gasteiger partial charge in [0.2, 0.25) is 0 Å². The Balaban J connectivity index is 1.38. The molecule has 25 heavy (non-hydrogen) atoms. The number of nitriles is 1. The van der Waals surface area contributed by atoms with Crippen LogP contribution in [0.15, 0.2) is 60.8 Å². The van der Waals surface area contributed by atoms with E-state index in [4.69, 9.17) is 10.00 Å². The molecule has 0 bridgehead atoms. The summed E-state index contributed by atoms with van der Waals surface area (Å²) >= 11 is 0. The minimum atomic E-state index is -0.151. The van der Waals surface area contributed by atoms with Crippen molar-refractivity contribution < 1.29 is 9.53 Å². The maximum atomic E-state index is 11.8. The first kappa shape index (κ1) is 16.6. The van der Waals surface area contributed by atoms with Crippen LogP contribution < -0.4 is 10.1 Å². The number of amides is 1. The van der Waals surface area contributed by atoms with E-state index < -0.39 is 0 Å². The average molecular weight is 333 g/mol. The van der Waals surface area contributed by atoms with Gasteiger partial charge in [-0.05, 0) is 48.2 Å². The molecule has 0 saturated heterocycles. The Morgan fingerprint density at radius 2 is 1.92 bits per heavy atom. The van der Waals surface area contributed by atoms with Crippen LogP contribution in [0.25, 0.3) is 10.9 Å². The topological polar surface area (TPSA) is 67.0 Å². The molecule has 5 heteroatoms. The number of fused-ring (bicyclic) bond motifs is 1. The van der Waals surface area contributed by atoms with E-state index in [-0.39, 0.29) is 12.5 Å². The fourth-order valence-electron chi connectivity index (χ4n) is 2.64. The molecular formula is C20H19N3O2. The molecule has 126 valence electrons. The smallest absolute Gasteiger partial charge is 0.257 e. The van der Waals surface area contributed by atoms with Crippen molar-refractivity contribution >= 4 is 16.8 Å². The van der Waals surface area contributed by atoms with Crippen molar-refractivity contribution in [2.45, 2.75) is 13.0 Å². The Morgan fingerprint density at radius 3 is 2.72 bits per heavy atom. The lowest BCUT2D eigenvalue weighted by Gasteiger charge is -2.08. The Morgan fingerprint density at radius 1 is 1.12 bits per heavy atom. The van der Waals surface area contributed by atoms with Gasteiger partial charge in [0.25, 0.3) is 5.91 Å². The molecule has 1 amide bonds. The van der Waals surface area contributed by atoms with Crippen LogP contribution in [0.3, 0.4) is 0 Å². The minimum absolute atomic E-state index is 0.0294. The zero-order chi connectivity index (χ0) is 17.5. The van der Waals surface area contributed by atoms with E-state index in [1.54, 1.807) is 24.3 Å². The number of rotatable bonds is 7. The zero-order valence-corrected chi connectivity index (χ0v) is 13.8. The molecule has 5 nitrogen and oxygen atoms in total. The van der Waals surface area contributed by atoms with Crippen LogP contribution in [0.1, 0.15) is 12.0 Å². The summed E-state index contributed by atoms with van der Waals surface area (Å²) in [4.78, 5) is 11.8. The molecule has 0 atom stereocenters. The highest BCUT2D eigenvalue weighted by atomic mass is 16.5. The van der Waals surface area contributed by atoms with Gasteiger partial charge in [0.1, 0.15) is 5.75 Å². The van der Waals surface area contributed by atoms with Crippen molar-refractivity contribution in [3.63, 3.8) is 0 Å². The molecule has 0 aliphatic carbocycles. The molecular weight excluding hydrogens is 314 g/mol. The van der Waals surface area contributed by atoms with E-state index in [1.807, 2.05) is 18.2 Å².